The fraction of sp³-hybridized carbons (Fsp3) is 0.571. The molecule has 0 aliphatic carbocycles. The van der Waals surface area contributed by atoms with Crippen molar-refractivity contribution < 1.29 is 5.11 Å². The topological polar surface area (TPSA) is 49.5 Å². The highest BCUT2D eigenvalue weighted by molar-refractivity contribution is 5.57. The van der Waals surface area contributed by atoms with Crippen molar-refractivity contribution in [2.24, 2.45) is 5.73 Å². The Morgan fingerprint density at radius 2 is 2.24 bits per heavy atom. The van der Waals surface area contributed by atoms with Crippen LogP contribution in [-0.2, 0) is 6.42 Å². The minimum Gasteiger partial charge on any atom is -0.394 e. The molecule has 3 heteroatoms. The van der Waals surface area contributed by atoms with Crippen LogP contribution in [-0.4, -0.2) is 30.3 Å². The average molecular weight is 234 g/mol. The maximum absolute atomic E-state index is 9.51. The Bertz CT molecular complexity index is 390. The van der Waals surface area contributed by atoms with Gasteiger partial charge >= 0.3 is 0 Å². The minimum atomic E-state index is -0.0211. The second-order valence-corrected chi connectivity index (χ2v) is 5.04. The van der Waals surface area contributed by atoms with E-state index in [-0.39, 0.29) is 18.7 Å². The van der Waals surface area contributed by atoms with Crippen molar-refractivity contribution in [3.63, 3.8) is 0 Å². The van der Waals surface area contributed by atoms with Crippen LogP contribution in [0.2, 0.25) is 0 Å². The molecule has 0 spiro atoms. The summed E-state index contributed by atoms with van der Waals surface area (Å²) < 4.78 is 0. The third-order valence-electron chi connectivity index (χ3n) is 3.58. The largest absolute Gasteiger partial charge is 0.394 e. The normalized spacial score (nSPS) is 18.7. The van der Waals surface area contributed by atoms with Crippen LogP contribution >= 0.6 is 0 Å². The lowest BCUT2D eigenvalue weighted by Gasteiger charge is -2.39. The van der Waals surface area contributed by atoms with Crippen LogP contribution in [0.15, 0.2) is 18.2 Å². The highest BCUT2D eigenvalue weighted by Gasteiger charge is 2.26. The first-order chi connectivity index (χ1) is 8.13. The Morgan fingerprint density at radius 1 is 1.47 bits per heavy atom. The van der Waals surface area contributed by atoms with Gasteiger partial charge in [-0.1, -0.05) is 17.7 Å². The summed E-state index contributed by atoms with van der Waals surface area (Å²) in [6, 6.07) is 6.54. The predicted molar refractivity (Wildman–Crippen MR) is 71.4 cm³/mol. The molecule has 0 saturated heterocycles. The van der Waals surface area contributed by atoms with Gasteiger partial charge in [0, 0.05) is 18.3 Å². The highest BCUT2D eigenvalue weighted by atomic mass is 16.3. The fourth-order valence-corrected chi connectivity index (χ4v) is 2.65. The van der Waals surface area contributed by atoms with Gasteiger partial charge in [0.2, 0.25) is 0 Å². The number of anilines is 1. The number of hydrogen-bond acceptors (Lipinski definition) is 3. The number of aryl methyl sites for hydroxylation is 2. The molecule has 1 aromatic carbocycles. The van der Waals surface area contributed by atoms with Crippen LogP contribution in [0.1, 0.15) is 24.5 Å². The van der Waals surface area contributed by atoms with Crippen molar-refractivity contribution in [2.45, 2.75) is 38.8 Å². The van der Waals surface area contributed by atoms with Crippen LogP contribution in [0.5, 0.6) is 0 Å². The first kappa shape index (κ1) is 12.4. The van der Waals surface area contributed by atoms with Crippen molar-refractivity contribution in [1.82, 2.24) is 0 Å². The fourth-order valence-electron chi connectivity index (χ4n) is 2.65. The van der Waals surface area contributed by atoms with Crippen molar-refractivity contribution in [1.29, 1.82) is 0 Å². The van der Waals surface area contributed by atoms with Crippen molar-refractivity contribution >= 4 is 5.69 Å². The highest BCUT2D eigenvalue weighted by Crippen LogP contribution is 2.29. The Balaban J connectivity index is 2.33. The zero-order valence-corrected chi connectivity index (χ0v) is 10.7. The second-order valence-electron chi connectivity index (χ2n) is 5.04. The Kier molecular flexibility index (Phi) is 3.69. The molecule has 3 nitrogen and oxygen atoms in total. The molecule has 1 aliphatic heterocycles. The zero-order valence-electron chi connectivity index (χ0n) is 10.7. The Morgan fingerprint density at radius 3 is 2.88 bits per heavy atom. The summed E-state index contributed by atoms with van der Waals surface area (Å²) in [5.41, 5.74) is 9.89. The number of fused-ring (bicyclic) bond motifs is 1. The molecule has 2 unspecified atom stereocenters. The van der Waals surface area contributed by atoms with Gasteiger partial charge in [-0.15, -0.1) is 0 Å². The lowest BCUT2D eigenvalue weighted by Crippen LogP contribution is -2.50. The summed E-state index contributed by atoms with van der Waals surface area (Å²) in [6.45, 7) is 5.19. The van der Waals surface area contributed by atoms with Gasteiger partial charge in [0.15, 0.2) is 0 Å². The van der Waals surface area contributed by atoms with E-state index in [4.69, 9.17) is 5.73 Å². The van der Waals surface area contributed by atoms with Gasteiger partial charge in [-0.2, -0.15) is 0 Å². The number of aliphatic hydroxyl groups excluding tert-OH is 1. The van der Waals surface area contributed by atoms with Crippen molar-refractivity contribution in [2.75, 3.05) is 18.1 Å². The smallest absolute Gasteiger partial charge is 0.0669 e. The molecular weight excluding hydrogens is 212 g/mol. The maximum Gasteiger partial charge on any atom is 0.0669 e. The van der Waals surface area contributed by atoms with Gasteiger partial charge in [0.05, 0.1) is 12.6 Å². The van der Waals surface area contributed by atoms with Gasteiger partial charge in [-0.3, -0.25) is 0 Å². The molecule has 1 aromatic rings. The average Bonchev–Trinajstić information content (AvgIpc) is 2.29. The molecule has 0 aromatic heterocycles. The molecule has 0 amide bonds. The van der Waals surface area contributed by atoms with Gasteiger partial charge in [-0.25, -0.2) is 0 Å². The van der Waals surface area contributed by atoms with E-state index in [0.717, 1.165) is 19.4 Å². The van der Waals surface area contributed by atoms with Gasteiger partial charge in [0.25, 0.3) is 0 Å². The lowest BCUT2D eigenvalue weighted by molar-refractivity contribution is 0.243. The van der Waals surface area contributed by atoms with Crippen LogP contribution in [0, 0.1) is 6.92 Å². The van der Waals surface area contributed by atoms with Crippen LogP contribution in [0.4, 0.5) is 5.69 Å². The number of benzene rings is 1. The quantitative estimate of drug-likeness (QED) is 0.832. The Labute approximate surface area is 103 Å². The summed E-state index contributed by atoms with van der Waals surface area (Å²) in [5.74, 6) is 0. The van der Waals surface area contributed by atoms with E-state index >= 15 is 0 Å². The molecule has 1 heterocycles. The van der Waals surface area contributed by atoms with Crippen LogP contribution < -0.4 is 10.6 Å². The number of rotatable bonds is 3. The van der Waals surface area contributed by atoms with Gasteiger partial charge in [-0.05, 0) is 38.3 Å². The lowest BCUT2D eigenvalue weighted by atomic mass is 9.97. The van der Waals surface area contributed by atoms with E-state index < -0.39 is 0 Å². The molecule has 0 radical (unpaired) electrons. The molecule has 94 valence electrons. The molecule has 3 N–H and O–H groups in total. The summed E-state index contributed by atoms with van der Waals surface area (Å²) >= 11 is 0. The van der Waals surface area contributed by atoms with Crippen molar-refractivity contribution in [3.05, 3.63) is 29.3 Å². The molecule has 1 aliphatic rings. The summed E-state index contributed by atoms with van der Waals surface area (Å²) in [4.78, 5) is 2.27. The molecular formula is C14H22N2O. The van der Waals surface area contributed by atoms with Gasteiger partial charge in [0.1, 0.15) is 0 Å². The number of nitrogens with two attached hydrogens (primary N) is 1. The third kappa shape index (κ3) is 2.45. The first-order valence-corrected chi connectivity index (χ1v) is 6.36. The number of aliphatic hydroxyl groups is 1. The first-order valence-electron chi connectivity index (χ1n) is 6.36. The van der Waals surface area contributed by atoms with Gasteiger partial charge < -0.3 is 15.7 Å². The molecule has 0 saturated carbocycles. The second kappa shape index (κ2) is 5.07. The zero-order chi connectivity index (χ0) is 12.4. The van der Waals surface area contributed by atoms with E-state index in [1.807, 2.05) is 6.92 Å². The van der Waals surface area contributed by atoms with Crippen LogP contribution in [0.3, 0.4) is 0 Å². The minimum absolute atomic E-state index is 0.0211. The Hall–Kier alpha value is -1.06. The summed E-state index contributed by atoms with van der Waals surface area (Å²) in [6.07, 6.45) is 2.27. The summed E-state index contributed by atoms with van der Waals surface area (Å²) in [7, 11) is 0. The van der Waals surface area contributed by atoms with E-state index in [9.17, 15) is 5.11 Å². The molecule has 2 atom stereocenters. The number of nitrogens with zero attached hydrogens (tertiary/aromatic N) is 1. The standard InChI is InChI=1S/C14H22N2O/c1-10-5-6-13-12(8-10)4-3-7-16(13)14(9-17)11(2)15/h5-6,8,11,14,17H,3-4,7,9,15H2,1-2H3. The van der Waals surface area contributed by atoms with E-state index in [1.54, 1.807) is 0 Å². The third-order valence-corrected chi connectivity index (χ3v) is 3.58. The van der Waals surface area contributed by atoms with E-state index in [1.165, 1.54) is 16.8 Å². The van der Waals surface area contributed by atoms with Crippen molar-refractivity contribution in [3.8, 4) is 0 Å². The monoisotopic (exact) mass is 234 g/mol. The maximum atomic E-state index is 9.51. The number of hydrogen-bond donors (Lipinski definition) is 2. The van der Waals surface area contributed by atoms with Crippen LogP contribution in [0.25, 0.3) is 0 Å². The molecule has 17 heavy (non-hydrogen) atoms. The molecule has 0 bridgehead atoms. The summed E-state index contributed by atoms with van der Waals surface area (Å²) in [5, 5.41) is 9.51. The molecule has 2 rings (SSSR count). The van der Waals surface area contributed by atoms with E-state index in [2.05, 4.69) is 30.0 Å². The SMILES string of the molecule is Cc1ccc2c(c1)CCCN2C(CO)C(C)N. The van der Waals surface area contributed by atoms with E-state index in [0.29, 0.717) is 0 Å². The molecule has 0 fully saturated rings. The predicted octanol–water partition coefficient (Wildman–Crippen LogP) is 1.46.